The minimum Gasteiger partial charge on any atom is -0.497 e. The van der Waals surface area contributed by atoms with E-state index in [-0.39, 0.29) is 5.76 Å². The first-order valence-corrected chi connectivity index (χ1v) is 6.21. The fraction of sp³-hybridized carbons (Fsp3) is 0.0769. The van der Waals surface area contributed by atoms with Gasteiger partial charge in [0.25, 0.3) is 0 Å². The summed E-state index contributed by atoms with van der Waals surface area (Å²) in [5.74, 6) is 0.552. The van der Waals surface area contributed by atoms with Crippen LogP contribution in [0.4, 0.5) is 0 Å². The molecule has 19 heavy (non-hydrogen) atoms. The summed E-state index contributed by atoms with van der Waals surface area (Å²) in [4.78, 5) is 11.6. The number of hydrogen-bond donors (Lipinski definition) is 1. The molecule has 0 aliphatic rings. The molecule has 98 valence electrons. The average molecular weight is 323 g/mol. The predicted octanol–water partition coefficient (Wildman–Crippen LogP) is 2.81. The van der Waals surface area contributed by atoms with Crippen LogP contribution in [0.25, 0.3) is 0 Å². The minimum atomic E-state index is -0.407. The number of halogens is 1. The maximum absolute atomic E-state index is 11.6. The van der Waals surface area contributed by atoms with Crippen molar-refractivity contribution >= 4 is 28.1 Å². The number of hydrazone groups is 1. The van der Waals surface area contributed by atoms with Gasteiger partial charge in [-0.2, -0.15) is 5.10 Å². The number of nitrogens with zero attached hydrogens (tertiary/aromatic N) is 1. The lowest BCUT2D eigenvalue weighted by Gasteiger charge is -1.99. The van der Waals surface area contributed by atoms with Gasteiger partial charge in [-0.25, -0.2) is 5.43 Å². The Labute approximate surface area is 118 Å². The summed E-state index contributed by atoms with van der Waals surface area (Å²) in [6.45, 7) is 0. The van der Waals surface area contributed by atoms with Gasteiger partial charge in [0.1, 0.15) is 5.75 Å². The van der Waals surface area contributed by atoms with Crippen LogP contribution in [-0.4, -0.2) is 19.2 Å². The molecule has 0 saturated carbocycles. The molecule has 6 heteroatoms. The molecule has 0 spiro atoms. The second-order valence-corrected chi connectivity index (χ2v) is 4.36. The summed E-state index contributed by atoms with van der Waals surface area (Å²) in [6.07, 6.45) is 1.54. The number of ether oxygens (including phenoxy) is 1. The number of hydrogen-bond acceptors (Lipinski definition) is 4. The molecule has 0 aliphatic heterocycles. The Bertz CT molecular complexity index is 590. The van der Waals surface area contributed by atoms with E-state index in [0.717, 1.165) is 11.3 Å². The van der Waals surface area contributed by atoms with Crippen LogP contribution in [0.1, 0.15) is 16.1 Å². The van der Waals surface area contributed by atoms with E-state index in [4.69, 9.17) is 9.15 Å². The molecule has 0 unspecified atom stereocenters. The number of carbonyl (C=O) groups excluding carboxylic acids is 1. The van der Waals surface area contributed by atoms with Crippen LogP contribution in [0.5, 0.6) is 5.75 Å². The van der Waals surface area contributed by atoms with Crippen LogP contribution in [0.15, 0.2) is 50.6 Å². The van der Waals surface area contributed by atoms with Crippen LogP contribution in [-0.2, 0) is 0 Å². The van der Waals surface area contributed by atoms with Crippen molar-refractivity contribution in [3.05, 3.63) is 52.4 Å². The lowest BCUT2D eigenvalue weighted by Crippen LogP contribution is -2.16. The van der Waals surface area contributed by atoms with Crippen molar-refractivity contribution in [2.75, 3.05) is 7.11 Å². The summed E-state index contributed by atoms with van der Waals surface area (Å²) < 4.78 is 10.6. The molecule has 1 aromatic heterocycles. The molecule has 1 amide bonds. The summed E-state index contributed by atoms with van der Waals surface area (Å²) in [5.41, 5.74) is 3.22. The van der Waals surface area contributed by atoms with E-state index < -0.39 is 5.91 Å². The molecule has 0 fully saturated rings. The third kappa shape index (κ3) is 3.69. The number of methoxy groups -OCH3 is 1. The van der Waals surface area contributed by atoms with Crippen LogP contribution < -0.4 is 10.2 Å². The zero-order valence-electron chi connectivity index (χ0n) is 10.1. The lowest BCUT2D eigenvalue weighted by molar-refractivity contribution is 0.0926. The molecule has 1 heterocycles. The van der Waals surface area contributed by atoms with E-state index in [1.165, 1.54) is 6.21 Å². The van der Waals surface area contributed by atoms with Gasteiger partial charge < -0.3 is 9.15 Å². The Morgan fingerprint density at radius 1 is 1.32 bits per heavy atom. The smallest absolute Gasteiger partial charge is 0.307 e. The van der Waals surface area contributed by atoms with Gasteiger partial charge in [-0.3, -0.25) is 4.79 Å². The van der Waals surface area contributed by atoms with Crippen molar-refractivity contribution in [3.8, 4) is 5.75 Å². The van der Waals surface area contributed by atoms with Crippen LogP contribution >= 0.6 is 15.9 Å². The molecular formula is C13H11BrN2O3. The summed E-state index contributed by atoms with van der Waals surface area (Å²) in [7, 11) is 1.60. The third-order valence-electron chi connectivity index (χ3n) is 2.29. The highest BCUT2D eigenvalue weighted by molar-refractivity contribution is 9.10. The number of rotatable bonds is 4. The first-order chi connectivity index (χ1) is 9.19. The molecule has 2 rings (SSSR count). The Balaban J connectivity index is 1.94. The maximum atomic E-state index is 11.6. The molecular weight excluding hydrogens is 312 g/mol. The molecule has 0 saturated heterocycles. The maximum Gasteiger partial charge on any atom is 0.307 e. The SMILES string of the molecule is COc1ccc(/C=N\NC(=O)c2ccc(Br)o2)cc1. The Morgan fingerprint density at radius 2 is 2.05 bits per heavy atom. The number of nitrogens with one attached hydrogen (secondary N) is 1. The summed E-state index contributed by atoms with van der Waals surface area (Å²) in [6, 6.07) is 10.5. The van der Waals surface area contributed by atoms with Crippen molar-refractivity contribution in [1.82, 2.24) is 5.43 Å². The quantitative estimate of drug-likeness (QED) is 0.695. The fourth-order valence-corrected chi connectivity index (χ4v) is 1.65. The Hall–Kier alpha value is -2.08. The van der Waals surface area contributed by atoms with Gasteiger partial charge in [0, 0.05) is 0 Å². The molecule has 1 N–H and O–H groups in total. The molecule has 0 bridgehead atoms. The van der Waals surface area contributed by atoms with Gasteiger partial charge in [0.15, 0.2) is 10.4 Å². The van der Waals surface area contributed by atoms with E-state index >= 15 is 0 Å². The lowest BCUT2D eigenvalue weighted by atomic mass is 10.2. The van der Waals surface area contributed by atoms with Gasteiger partial charge in [0.05, 0.1) is 13.3 Å². The second kappa shape index (κ2) is 6.19. The summed E-state index contributed by atoms with van der Waals surface area (Å²) >= 11 is 3.12. The summed E-state index contributed by atoms with van der Waals surface area (Å²) in [5, 5.41) is 3.84. The number of benzene rings is 1. The highest BCUT2D eigenvalue weighted by Gasteiger charge is 2.08. The van der Waals surface area contributed by atoms with Crippen LogP contribution in [0.2, 0.25) is 0 Å². The molecule has 0 atom stereocenters. The normalized spacial score (nSPS) is 10.6. The first-order valence-electron chi connectivity index (χ1n) is 5.42. The number of carbonyl (C=O) groups is 1. The Kier molecular flexibility index (Phi) is 4.35. The molecule has 1 aromatic carbocycles. The van der Waals surface area contributed by atoms with Gasteiger partial charge in [-0.05, 0) is 57.9 Å². The van der Waals surface area contributed by atoms with Gasteiger partial charge in [0.2, 0.25) is 0 Å². The second-order valence-electron chi connectivity index (χ2n) is 3.58. The first kappa shape index (κ1) is 13.4. The van der Waals surface area contributed by atoms with Crippen molar-refractivity contribution in [2.24, 2.45) is 5.10 Å². The van der Waals surface area contributed by atoms with Crippen LogP contribution in [0.3, 0.4) is 0 Å². The molecule has 0 radical (unpaired) electrons. The zero-order valence-corrected chi connectivity index (χ0v) is 11.7. The van der Waals surface area contributed by atoms with E-state index in [2.05, 4.69) is 26.5 Å². The van der Waals surface area contributed by atoms with E-state index in [1.807, 2.05) is 24.3 Å². The predicted molar refractivity (Wildman–Crippen MR) is 74.5 cm³/mol. The fourth-order valence-electron chi connectivity index (χ4n) is 1.35. The largest absolute Gasteiger partial charge is 0.497 e. The third-order valence-corrected chi connectivity index (χ3v) is 2.72. The topological polar surface area (TPSA) is 63.8 Å². The van der Waals surface area contributed by atoms with Crippen molar-refractivity contribution in [3.63, 3.8) is 0 Å². The number of furan rings is 1. The van der Waals surface area contributed by atoms with Crippen molar-refractivity contribution in [1.29, 1.82) is 0 Å². The average Bonchev–Trinajstić information content (AvgIpc) is 2.86. The van der Waals surface area contributed by atoms with Gasteiger partial charge >= 0.3 is 5.91 Å². The molecule has 2 aromatic rings. The monoisotopic (exact) mass is 322 g/mol. The molecule has 5 nitrogen and oxygen atoms in total. The highest BCUT2D eigenvalue weighted by Crippen LogP contribution is 2.13. The van der Waals surface area contributed by atoms with Crippen LogP contribution in [0, 0.1) is 0 Å². The van der Waals surface area contributed by atoms with E-state index in [0.29, 0.717) is 4.67 Å². The molecule has 0 aliphatic carbocycles. The Morgan fingerprint density at radius 3 is 2.63 bits per heavy atom. The minimum absolute atomic E-state index is 0.193. The van der Waals surface area contributed by atoms with E-state index in [9.17, 15) is 4.79 Å². The van der Waals surface area contributed by atoms with E-state index in [1.54, 1.807) is 19.2 Å². The van der Waals surface area contributed by atoms with Crippen molar-refractivity contribution in [2.45, 2.75) is 0 Å². The van der Waals surface area contributed by atoms with Gasteiger partial charge in [-0.15, -0.1) is 0 Å². The zero-order chi connectivity index (χ0) is 13.7. The number of amides is 1. The van der Waals surface area contributed by atoms with Gasteiger partial charge in [-0.1, -0.05) is 0 Å². The standard InChI is InChI=1S/C13H11BrN2O3/c1-18-10-4-2-9(3-5-10)8-15-16-13(17)11-6-7-12(14)19-11/h2-8H,1H3,(H,16,17)/b15-8-. The van der Waals surface area contributed by atoms with Crippen molar-refractivity contribution < 1.29 is 13.9 Å². The highest BCUT2D eigenvalue weighted by atomic mass is 79.9.